The summed E-state index contributed by atoms with van der Waals surface area (Å²) in [6, 6.07) is 7.10. The summed E-state index contributed by atoms with van der Waals surface area (Å²) < 4.78 is 1.56. The highest BCUT2D eigenvalue weighted by molar-refractivity contribution is 5.78. The lowest BCUT2D eigenvalue weighted by Crippen LogP contribution is -2.37. The van der Waals surface area contributed by atoms with Gasteiger partial charge >= 0.3 is 0 Å². The van der Waals surface area contributed by atoms with E-state index in [1.807, 2.05) is 43.9 Å². The van der Waals surface area contributed by atoms with Crippen LogP contribution < -0.4 is 5.56 Å². The van der Waals surface area contributed by atoms with Crippen molar-refractivity contribution in [3.8, 4) is 0 Å². The number of benzene rings is 1. The molecule has 0 radical (unpaired) electrons. The van der Waals surface area contributed by atoms with Crippen LogP contribution in [0.2, 0.25) is 0 Å². The topological polar surface area (TPSA) is 55.2 Å². The highest BCUT2D eigenvalue weighted by atomic mass is 16.2. The van der Waals surface area contributed by atoms with Crippen LogP contribution in [0.3, 0.4) is 0 Å². The van der Waals surface area contributed by atoms with Gasteiger partial charge in [-0.05, 0) is 31.9 Å². The molecule has 124 valence electrons. The third-order valence-corrected chi connectivity index (χ3v) is 4.11. The van der Waals surface area contributed by atoms with Crippen molar-refractivity contribution >= 4 is 16.8 Å². The third kappa shape index (κ3) is 3.44. The first kappa shape index (κ1) is 17.2. The van der Waals surface area contributed by atoms with Gasteiger partial charge in [-0.25, -0.2) is 4.98 Å². The zero-order valence-corrected chi connectivity index (χ0v) is 14.4. The molecule has 0 aliphatic heterocycles. The fourth-order valence-corrected chi connectivity index (χ4v) is 2.88. The van der Waals surface area contributed by atoms with Gasteiger partial charge in [0, 0.05) is 20.0 Å². The summed E-state index contributed by atoms with van der Waals surface area (Å²) in [5.41, 5.74) is 0.605. The van der Waals surface area contributed by atoms with Crippen LogP contribution in [-0.4, -0.2) is 26.9 Å². The molecule has 0 bridgehead atoms. The molecule has 0 saturated carbocycles. The molecule has 0 aliphatic carbocycles. The van der Waals surface area contributed by atoms with Crippen molar-refractivity contribution in [2.75, 3.05) is 6.54 Å². The number of hydrogen-bond donors (Lipinski definition) is 0. The Hall–Kier alpha value is -2.17. The van der Waals surface area contributed by atoms with Gasteiger partial charge in [0.2, 0.25) is 5.91 Å². The number of amides is 1. The molecule has 1 unspecified atom stereocenters. The Balaban J connectivity index is 2.50. The average Bonchev–Trinajstić information content (AvgIpc) is 2.55. The highest BCUT2D eigenvalue weighted by Crippen LogP contribution is 2.20. The van der Waals surface area contributed by atoms with E-state index in [0.717, 1.165) is 12.8 Å². The second kappa shape index (κ2) is 7.40. The quantitative estimate of drug-likeness (QED) is 0.823. The van der Waals surface area contributed by atoms with Gasteiger partial charge in [0.15, 0.2) is 0 Å². The van der Waals surface area contributed by atoms with Crippen molar-refractivity contribution in [2.45, 2.75) is 46.1 Å². The van der Waals surface area contributed by atoms with Crippen molar-refractivity contribution < 1.29 is 4.79 Å². The molecule has 1 aromatic carbocycles. The van der Waals surface area contributed by atoms with E-state index in [1.54, 1.807) is 17.7 Å². The van der Waals surface area contributed by atoms with Gasteiger partial charge in [0.05, 0.1) is 16.9 Å². The van der Waals surface area contributed by atoms with Crippen molar-refractivity contribution in [3.05, 3.63) is 40.4 Å². The maximum absolute atomic E-state index is 12.5. The molecule has 0 aliphatic rings. The third-order valence-electron chi connectivity index (χ3n) is 4.11. The first-order valence-corrected chi connectivity index (χ1v) is 8.26. The monoisotopic (exact) mass is 315 g/mol. The number of rotatable bonds is 6. The number of aromatic nitrogens is 2. The zero-order valence-electron chi connectivity index (χ0n) is 14.4. The lowest BCUT2D eigenvalue weighted by atomic mass is 10.1. The second-order valence-corrected chi connectivity index (χ2v) is 5.86. The first-order valence-electron chi connectivity index (χ1n) is 8.26. The molecule has 0 fully saturated rings. The summed E-state index contributed by atoms with van der Waals surface area (Å²) in [6.07, 6.45) is 2.21. The van der Waals surface area contributed by atoms with Crippen molar-refractivity contribution in [1.29, 1.82) is 0 Å². The Bertz CT molecular complexity index is 752. The van der Waals surface area contributed by atoms with Crippen LogP contribution in [0.4, 0.5) is 0 Å². The molecular weight excluding hydrogens is 290 g/mol. The van der Waals surface area contributed by atoms with E-state index in [1.165, 1.54) is 0 Å². The Morgan fingerprint density at radius 2 is 1.96 bits per heavy atom. The molecule has 1 heterocycles. The molecule has 1 amide bonds. The molecule has 0 N–H and O–H groups in total. The van der Waals surface area contributed by atoms with Crippen LogP contribution in [-0.2, 0) is 11.8 Å². The highest BCUT2D eigenvalue weighted by Gasteiger charge is 2.24. The van der Waals surface area contributed by atoms with Gasteiger partial charge in [0.1, 0.15) is 5.82 Å². The van der Waals surface area contributed by atoms with Crippen LogP contribution in [0, 0.1) is 0 Å². The van der Waals surface area contributed by atoms with Crippen LogP contribution in [0.25, 0.3) is 10.9 Å². The Morgan fingerprint density at radius 1 is 1.26 bits per heavy atom. The molecule has 5 heteroatoms. The molecule has 5 nitrogen and oxygen atoms in total. The van der Waals surface area contributed by atoms with E-state index in [4.69, 9.17) is 0 Å². The maximum Gasteiger partial charge on any atom is 0.261 e. The van der Waals surface area contributed by atoms with Gasteiger partial charge in [-0.1, -0.05) is 26.0 Å². The van der Waals surface area contributed by atoms with E-state index in [0.29, 0.717) is 29.7 Å². The van der Waals surface area contributed by atoms with Crippen LogP contribution in [0.1, 0.15) is 51.9 Å². The molecule has 1 atom stereocenters. The maximum atomic E-state index is 12.5. The fraction of sp³-hybridized carbons (Fsp3) is 0.500. The molecule has 0 spiro atoms. The lowest BCUT2D eigenvalue weighted by Gasteiger charge is -2.29. The molecule has 0 saturated heterocycles. The smallest absolute Gasteiger partial charge is 0.261 e. The summed E-state index contributed by atoms with van der Waals surface area (Å²) in [6.45, 7) is 6.66. The van der Waals surface area contributed by atoms with E-state index in [2.05, 4.69) is 4.98 Å². The van der Waals surface area contributed by atoms with Gasteiger partial charge in [0.25, 0.3) is 5.56 Å². The standard InChI is InChI=1S/C18H25N3O2/c1-5-9-16(22)21(12-6-2)13(3)17-19-15-11-8-7-10-14(15)18(23)20(17)4/h7-8,10-11,13H,5-6,9,12H2,1-4H3. The number of fused-ring (bicyclic) bond motifs is 1. The Kier molecular flexibility index (Phi) is 5.53. The SMILES string of the molecule is CCCC(=O)N(CCC)C(C)c1nc2ccccc2c(=O)n1C. The minimum atomic E-state index is -0.226. The minimum absolute atomic E-state index is 0.0724. The second-order valence-electron chi connectivity index (χ2n) is 5.86. The summed E-state index contributed by atoms with van der Waals surface area (Å²) >= 11 is 0. The predicted octanol–water partition coefficient (Wildman–Crippen LogP) is 3.03. The molecule has 2 rings (SSSR count). The van der Waals surface area contributed by atoms with Gasteiger partial charge in [-0.2, -0.15) is 0 Å². The van der Waals surface area contributed by atoms with Crippen LogP contribution in [0.15, 0.2) is 29.1 Å². The van der Waals surface area contributed by atoms with Gasteiger partial charge in [-0.3, -0.25) is 14.2 Å². The number of nitrogens with zero attached hydrogens (tertiary/aromatic N) is 3. The van der Waals surface area contributed by atoms with Gasteiger partial charge in [-0.15, -0.1) is 0 Å². The summed E-state index contributed by atoms with van der Waals surface area (Å²) in [5, 5.41) is 0.605. The number of carbonyl (C=O) groups excluding carboxylic acids is 1. The summed E-state index contributed by atoms with van der Waals surface area (Å²) in [5.74, 6) is 0.746. The normalized spacial score (nSPS) is 12.3. The van der Waals surface area contributed by atoms with Crippen molar-refractivity contribution in [2.24, 2.45) is 7.05 Å². The largest absolute Gasteiger partial charge is 0.333 e. The average molecular weight is 315 g/mol. The first-order chi connectivity index (χ1) is 11.0. The minimum Gasteiger partial charge on any atom is -0.333 e. The van der Waals surface area contributed by atoms with E-state index in [9.17, 15) is 9.59 Å². The Labute approximate surface area is 136 Å². The Morgan fingerprint density at radius 3 is 2.61 bits per heavy atom. The van der Waals surface area contributed by atoms with E-state index in [-0.39, 0.29) is 17.5 Å². The number of carbonyl (C=O) groups is 1. The van der Waals surface area contributed by atoms with Crippen molar-refractivity contribution in [1.82, 2.24) is 14.5 Å². The van der Waals surface area contributed by atoms with E-state index >= 15 is 0 Å². The zero-order chi connectivity index (χ0) is 17.0. The molecule has 1 aromatic heterocycles. The summed E-state index contributed by atoms with van der Waals surface area (Å²) in [4.78, 5) is 31.5. The molecular formula is C18H25N3O2. The number of hydrogen-bond acceptors (Lipinski definition) is 3. The summed E-state index contributed by atoms with van der Waals surface area (Å²) in [7, 11) is 1.72. The number of para-hydroxylation sites is 1. The van der Waals surface area contributed by atoms with Crippen LogP contribution in [0.5, 0.6) is 0 Å². The van der Waals surface area contributed by atoms with E-state index < -0.39 is 0 Å². The fourth-order valence-electron chi connectivity index (χ4n) is 2.88. The van der Waals surface area contributed by atoms with Crippen LogP contribution >= 0.6 is 0 Å². The van der Waals surface area contributed by atoms with Gasteiger partial charge < -0.3 is 4.90 Å². The molecule has 23 heavy (non-hydrogen) atoms. The molecule has 2 aromatic rings. The predicted molar refractivity (Wildman–Crippen MR) is 92.3 cm³/mol. The van der Waals surface area contributed by atoms with Crippen molar-refractivity contribution in [3.63, 3.8) is 0 Å². The lowest BCUT2D eigenvalue weighted by molar-refractivity contribution is -0.133.